The van der Waals surface area contributed by atoms with Crippen molar-refractivity contribution < 1.29 is 9.13 Å². The Morgan fingerprint density at radius 1 is 1.28 bits per heavy atom. The van der Waals surface area contributed by atoms with Crippen LogP contribution >= 0.6 is 0 Å². The van der Waals surface area contributed by atoms with Crippen LogP contribution in [-0.2, 0) is 6.42 Å². The summed E-state index contributed by atoms with van der Waals surface area (Å²) in [6, 6.07) is 9.70. The van der Waals surface area contributed by atoms with Crippen LogP contribution in [0.2, 0.25) is 0 Å². The van der Waals surface area contributed by atoms with E-state index in [9.17, 15) is 9.18 Å². The Labute approximate surface area is 144 Å². The number of benzene rings is 1. The van der Waals surface area contributed by atoms with Crippen molar-refractivity contribution >= 4 is 11.0 Å². The average molecular weight is 338 g/mol. The minimum absolute atomic E-state index is 0.00570. The third-order valence-electron chi connectivity index (χ3n) is 4.65. The van der Waals surface area contributed by atoms with Gasteiger partial charge in [-0.1, -0.05) is 19.8 Å². The molecule has 1 atom stereocenters. The molecule has 1 aliphatic rings. The zero-order valence-corrected chi connectivity index (χ0v) is 14.0. The number of pyridine rings is 2. The maximum absolute atomic E-state index is 13.3. The molecular formula is C20H19FN2O2. The molecule has 0 N–H and O–H groups in total. The van der Waals surface area contributed by atoms with Crippen molar-refractivity contribution in [3.63, 3.8) is 0 Å². The first-order valence-corrected chi connectivity index (χ1v) is 8.64. The third-order valence-corrected chi connectivity index (χ3v) is 4.65. The minimum Gasteiger partial charge on any atom is -0.475 e. The Morgan fingerprint density at radius 2 is 2.08 bits per heavy atom. The summed E-state index contributed by atoms with van der Waals surface area (Å²) in [5.74, 6) is 0.240. The van der Waals surface area contributed by atoms with Gasteiger partial charge in [0.05, 0.1) is 16.6 Å². The topological polar surface area (TPSA) is 44.1 Å². The predicted octanol–water partition coefficient (Wildman–Crippen LogP) is 4.02. The first kappa shape index (κ1) is 15.8. The van der Waals surface area contributed by atoms with E-state index in [1.54, 1.807) is 30.5 Å². The van der Waals surface area contributed by atoms with E-state index in [1.165, 1.54) is 12.1 Å². The number of unbranched alkanes of at least 4 members (excludes halogenated alkanes) is 1. The van der Waals surface area contributed by atoms with Crippen LogP contribution in [0.15, 0.2) is 47.4 Å². The molecule has 4 rings (SSSR count). The van der Waals surface area contributed by atoms with Gasteiger partial charge in [-0.2, -0.15) is 0 Å². The van der Waals surface area contributed by atoms with Crippen molar-refractivity contribution in [1.82, 2.24) is 9.55 Å². The zero-order valence-electron chi connectivity index (χ0n) is 14.0. The molecule has 0 saturated carbocycles. The molecule has 1 aromatic carbocycles. The predicted molar refractivity (Wildman–Crippen MR) is 94.9 cm³/mol. The summed E-state index contributed by atoms with van der Waals surface area (Å²) in [5.41, 5.74) is 1.94. The van der Waals surface area contributed by atoms with Crippen molar-refractivity contribution in [1.29, 1.82) is 0 Å². The smallest absolute Gasteiger partial charge is 0.207 e. The highest BCUT2D eigenvalue weighted by atomic mass is 19.1. The highest BCUT2D eigenvalue weighted by Crippen LogP contribution is 2.33. The number of nitrogens with zero attached hydrogens (tertiary/aromatic N) is 2. The SMILES string of the molecule is CCCCC1Cc2c(n(-c3ccc(F)cc3)c3ncccc3c2=O)O1. The second-order valence-electron chi connectivity index (χ2n) is 6.39. The minimum atomic E-state index is -0.305. The van der Waals surface area contributed by atoms with Crippen molar-refractivity contribution in [3.8, 4) is 11.6 Å². The summed E-state index contributed by atoms with van der Waals surface area (Å²) < 4.78 is 21.3. The zero-order chi connectivity index (χ0) is 17.4. The summed E-state index contributed by atoms with van der Waals surface area (Å²) in [5, 5.41) is 0.560. The summed E-state index contributed by atoms with van der Waals surface area (Å²) in [7, 11) is 0. The molecule has 128 valence electrons. The lowest BCUT2D eigenvalue weighted by molar-refractivity contribution is 0.207. The molecule has 25 heavy (non-hydrogen) atoms. The van der Waals surface area contributed by atoms with Crippen LogP contribution in [0.3, 0.4) is 0 Å². The van der Waals surface area contributed by atoms with Crippen molar-refractivity contribution in [3.05, 3.63) is 64.2 Å². The van der Waals surface area contributed by atoms with Crippen LogP contribution in [-0.4, -0.2) is 15.7 Å². The molecule has 0 radical (unpaired) electrons. The van der Waals surface area contributed by atoms with Crippen LogP contribution in [0.5, 0.6) is 5.88 Å². The van der Waals surface area contributed by atoms with Gasteiger partial charge in [-0.15, -0.1) is 0 Å². The average Bonchev–Trinajstić information content (AvgIpc) is 3.06. The lowest BCUT2D eigenvalue weighted by Crippen LogP contribution is -2.14. The van der Waals surface area contributed by atoms with E-state index in [0.29, 0.717) is 28.9 Å². The van der Waals surface area contributed by atoms with Gasteiger partial charge >= 0.3 is 0 Å². The van der Waals surface area contributed by atoms with Gasteiger partial charge in [-0.25, -0.2) is 9.37 Å². The monoisotopic (exact) mass is 338 g/mol. The molecular weight excluding hydrogens is 319 g/mol. The van der Waals surface area contributed by atoms with E-state index in [2.05, 4.69) is 11.9 Å². The van der Waals surface area contributed by atoms with Crippen LogP contribution in [0.1, 0.15) is 31.7 Å². The maximum atomic E-state index is 13.3. The number of fused-ring (bicyclic) bond motifs is 2. The quantitative estimate of drug-likeness (QED) is 0.722. The van der Waals surface area contributed by atoms with Gasteiger partial charge in [0.2, 0.25) is 5.88 Å². The molecule has 0 aliphatic carbocycles. The number of rotatable bonds is 4. The first-order valence-electron chi connectivity index (χ1n) is 8.64. The van der Waals surface area contributed by atoms with Gasteiger partial charge in [0.15, 0.2) is 11.1 Å². The van der Waals surface area contributed by atoms with E-state index in [-0.39, 0.29) is 17.3 Å². The van der Waals surface area contributed by atoms with Gasteiger partial charge in [-0.05, 0) is 42.8 Å². The fraction of sp³-hybridized carbons (Fsp3) is 0.300. The van der Waals surface area contributed by atoms with E-state index < -0.39 is 0 Å². The largest absolute Gasteiger partial charge is 0.475 e. The van der Waals surface area contributed by atoms with Gasteiger partial charge in [0.1, 0.15) is 11.9 Å². The Hall–Kier alpha value is -2.69. The molecule has 1 aliphatic heterocycles. The van der Waals surface area contributed by atoms with Crippen molar-refractivity contribution in [2.24, 2.45) is 0 Å². The highest BCUT2D eigenvalue weighted by molar-refractivity contribution is 5.79. The third kappa shape index (κ3) is 2.69. The summed E-state index contributed by atoms with van der Waals surface area (Å²) in [4.78, 5) is 17.3. The molecule has 3 heterocycles. The Bertz CT molecular complexity index is 979. The molecule has 0 amide bonds. The van der Waals surface area contributed by atoms with Crippen LogP contribution in [0.25, 0.3) is 16.7 Å². The second kappa shape index (κ2) is 6.31. The summed E-state index contributed by atoms with van der Waals surface area (Å²) in [6.07, 6.45) is 5.32. The van der Waals surface area contributed by atoms with E-state index in [1.807, 2.05) is 4.57 Å². The molecule has 5 heteroatoms. The Morgan fingerprint density at radius 3 is 2.84 bits per heavy atom. The van der Waals surface area contributed by atoms with Crippen LogP contribution in [0, 0.1) is 5.82 Å². The molecule has 3 aromatic rings. The summed E-state index contributed by atoms with van der Waals surface area (Å²) >= 11 is 0. The standard InChI is InChI=1S/C20H19FN2O2/c1-2-3-5-15-12-17-18(24)16-6-4-11-22-19(16)23(20(17)25-15)14-9-7-13(21)8-10-14/h4,6-11,15H,2-3,5,12H2,1H3. The molecule has 1 unspecified atom stereocenters. The highest BCUT2D eigenvalue weighted by Gasteiger charge is 2.30. The van der Waals surface area contributed by atoms with E-state index in [4.69, 9.17) is 4.74 Å². The van der Waals surface area contributed by atoms with E-state index in [0.717, 1.165) is 24.9 Å². The van der Waals surface area contributed by atoms with E-state index >= 15 is 0 Å². The molecule has 0 saturated heterocycles. The lowest BCUT2D eigenvalue weighted by Gasteiger charge is -2.16. The van der Waals surface area contributed by atoms with Gasteiger partial charge in [0, 0.05) is 12.6 Å². The number of halogens is 1. The molecule has 0 bridgehead atoms. The number of aromatic nitrogens is 2. The fourth-order valence-corrected chi connectivity index (χ4v) is 3.40. The molecule has 0 spiro atoms. The fourth-order valence-electron chi connectivity index (χ4n) is 3.40. The lowest BCUT2D eigenvalue weighted by atomic mass is 10.1. The number of ether oxygens (including phenoxy) is 1. The maximum Gasteiger partial charge on any atom is 0.207 e. The number of hydrogen-bond donors (Lipinski definition) is 0. The van der Waals surface area contributed by atoms with Gasteiger partial charge in [0.25, 0.3) is 0 Å². The Balaban J connectivity index is 1.94. The van der Waals surface area contributed by atoms with Crippen LogP contribution in [0.4, 0.5) is 4.39 Å². The summed E-state index contributed by atoms with van der Waals surface area (Å²) in [6.45, 7) is 2.14. The normalized spacial score (nSPS) is 16.0. The van der Waals surface area contributed by atoms with Crippen molar-refractivity contribution in [2.75, 3.05) is 0 Å². The molecule has 2 aromatic heterocycles. The number of hydrogen-bond acceptors (Lipinski definition) is 3. The van der Waals surface area contributed by atoms with Gasteiger partial charge in [-0.3, -0.25) is 9.36 Å². The molecule has 0 fully saturated rings. The van der Waals surface area contributed by atoms with Crippen LogP contribution < -0.4 is 10.2 Å². The van der Waals surface area contributed by atoms with Gasteiger partial charge < -0.3 is 4.74 Å². The first-order chi connectivity index (χ1) is 12.2. The molecule has 4 nitrogen and oxygen atoms in total. The Kier molecular flexibility index (Phi) is 3.99. The van der Waals surface area contributed by atoms with Crippen molar-refractivity contribution in [2.45, 2.75) is 38.7 Å². The second-order valence-corrected chi connectivity index (χ2v) is 6.39.